The van der Waals surface area contributed by atoms with Gasteiger partial charge in [-0.3, -0.25) is 4.79 Å². The number of ether oxygens (including phenoxy) is 2. The molecule has 0 aliphatic carbocycles. The van der Waals surface area contributed by atoms with E-state index in [9.17, 15) is 15.0 Å². The van der Waals surface area contributed by atoms with Crippen LogP contribution in [0.1, 0.15) is 35.6 Å². The smallest absolute Gasteiger partial charge is 0.264 e. The highest BCUT2D eigenvalue weighted by atomic mass is 35.5. The Hall–Kier alpha value is -2.12. The van der Waals surface area contributed by atoms with Crippen molar-refractivity contribution >= 4 is 23.2 Å². The summed E-state index contributed by atoms with van der Waals surface area (Å²) < 4.78 is 11.4. The Morgan fingerprint density at radius 3 is 2.83 bits per heavy atom. The van der Waals surface area contributed by atoms with Gasteiger partial charge in [0, 0.05) is 24.9 Å². The predicted molar refractivity (Wildman–Crippen MR) is 110 cm³/mol. The van der Waals surface area contributed by atoms with Gasteiger partial charge in [0.15, 0.2) is 6.61 Å². The first-order valence-corrected chi connectivity index (χ1v) is 10.1. The Labute approximate surface area is 174 Å². The van der Waals surface area contributed by atoms with Crippen LogP contribution in [0.2, 0.25) is 5.02 Å². The summed E-state index contributed by atoms with van der Waals surface area (Å²) in [4.78, 5) is 13.5. The molecule has 1 fully saturated rings. The van der Waals surface area contributed by atoms with Crippen molar-refractivity contribution in [2.45, 2.75) is 37.6 Å². The van der Waals surface area contributed by atoms with Gasteiger partial charge in [-0.15, -0.1) is 0 Å². The fourth-order valence-corrected chi connectivity index (χ4v) is 4.08. The number of rotatable bonds is 4. The zero-order valence-electron chi connectivity index (χ0n) is 16.2. The van der Waals surface area contributed by atoms with Crippen LogP contribution < -0.4 is 9.64 Å². The number of likely N-dealkylation sites (N-methyl/N-ethyl adjacent to an activating group) is 1. The summed E-state index contributed by atoms with van der Waals surface area (Å²) in [5.74, 6) is 0.608. The molecule has 154 valence electrons. The van der Waals surface area contributed by atoms with Gasteiger partial charge in [0.2, 0.25) is 0 Å². The maximum atomic E-state index is 11.9. The van der Waals surface area contributed by atoms with Gasteiger partial charge in [-0.05, 0) is 41.3 Å². The van der Waals surface area contributed by atoms with Crippen LogP contribution in [0.15, 0.2) is 36.4 Å². The Bertz CT molecular complexity index is 918. The van der Waals surface area contributed by atoms with E-state index in [1.807, 2.05) is 36.4 Å². The van der Waals surface area contributed by atoms with Crippen LogP contribution in [0.4, 0.5) is 5.69 Å². The monoisotopic (exact) mass is 417 g/mol. The number of aliphatic hydroxyl groups excluding tert-OH is 2. The van der Waals surface area contributed by atoms with E-state index in [2.05, 4.69) is 0 Å². The second-order valence-electron chi connectivity index (χ2n) is 7.63. The molecule has 2 aromatic carbocycles. The molecule has 29 heavy (non-hydrogen) atoms. The minimum atomic E-state index is -0.501. The average molecular weight is 418 g/mol. The number of fused-ring (bicyclic) bond motifs is 1. The number of carbonyl (C=O) groups excluding carboxylic acids is 1. The van der Waals surface area contributed by atoms with E-state index in [4.69, 9.17) is 21.1 Å². The third kappa shape index (κ3) is 4.26. The number of anilines is 1. The van der Waals surface area contributed by atoms with Gasteiger partial charge in [-0.1, -0.05) is 29.8 Å². The van der Waals surface area contributed by atoms with Crippen molar-refractivity contribution in [2.75, 3.05) is 25.2 Å². The largest absolute Gasteiger partial charge is 0.482 e. The summed E-state index contributed by atoms with van der Waals surface area (Å²) in [5.41, 5.74) is 3.61. The third-order valence-corrected chi connectivity index (χ3v) is 5.90. The van der Waals surface area contributed by atoms with E-state index in [0.717, 1.165) is 22.4 Å². The Kier molecular flexibility index (Phi) is 5.79. The zero-order valence-corrected chi connectivity index (χ0v) is 16.9. The maximum absolute atomic E-state index is 11.9. The summed E-state index contributed by atoms with van der Waals surface area (Å²) in [6, 6.07) is 11.5. The molecule has 3 atom stereocenters. The van der Waals surface area contributed by atoms with Crippen LogP contribution >= 0.6 is 11.6 Å². The molecular weight excluding hydrogens is 394 g/mol. The highest BCUT2D eigenvalue weighted by Gasteiger charge is 2.29. The first-order valence-electron chi connectivity index (χ1n) is 9.69. The van der Waals surface area contributed by atoms with Crippen molar-refractivity contribution in [3.05, 3.63) is 58.1 Å². The number of benzene rings is 2. The molecule has 1 amide bonds. The normalized spacial score (nSPS) is 24.2. The second kappa shape index (κ2) is 8.32. The van der Waals surface area contributed by atoms with E-state index < -0.39 is 6.10 Å². The van der Waals surface area contributed by atoms with Gasteiger partial charge in [-0.2, -0.15) is 0 Å². The lowest BCUT2D eigenvalue weighted by molar-refractivity contribution is -0.121. The number of amides is 1. The molecule has 7 heteroatoms. The van der Waals surface area contributed by atoms with E-state index in [1.165, 1.54) is 0 Å². The minimum absolute atomic E-state index is 0.0544. The van der Waals surface area contributed by atoms with Crippen LogP contribution in [0.3, 0.4) is 0 Å². The van der Waals surface area contributed by atoms with Gasteiger partial charge in [0.05, 0.1) is 30.6 Å². The molecule has 0 aromatic heterocycles. The fourth-order valence-electron chi connectivity index (χ4n) is 3.90. The number of carbonyl (C=O) groups is 1. The molecule has 6 nitrogen and oxygen atoms in total. The van der Waals surface area contributed by atoms with Gasteiger partial charge in [0.1, 0.15) is 5.75 Å². The third-order valence-electron chi connectivity index (χ3n) is 5.53. The molecule has 0 saturated carbocycles. The summed E-state index contributed by atoms with van der Waals surface area (Å²) in [5, 5.41) is 20.1. The van der Waals surface area contributed by atoms with Crippen LogP contribution in [0.25, 0.3) is 0 Å². The lowest BCUT2D eigenvalue weighted by atomic mass is 9.94. The summed E-state index contributed by atoms with van der Waals surface area (Å²) >= 11 is 6.45. The van der Waals surface area contributed by atoms with Crippen molar-refractivity contribution in [2.24, 2.45) is 0 Å². The SMILES string of the molecule is CN1C(=O)COc2ccc(Cc3cc(C4CC(O)CC(CO)O4)ccc3Cl)cc21. The second-order valence-corrected chi connectivity index (χ2v) is 8.03. The van der Waals surface area contributed by atoms with Crippen molar-refractivity contribution in [3.63, 3.8) is 0 Å². The van der Waals surface area contributed by atoms with Crippen LogP contribution in [-0.2, 0) is 16.0 Å². The van der Waals surface area contributed by atoms with Crippen LogP contribution in [0.5, 0.6) is 5.75 Å². The topological polar surface area (TPSA) is 79.2 Å². The molecule has 1 saturated heterocycles. The fraction of sp³-hybridized carbons (Fsp3) is 0.409. The number of hydrogen-bond acceptors (Lipinski definition) is 5. The number of halogens is 1. The Balaban J connectivity index is 1.58. The zero-order chi connectivity index (χ0) is 20.5. The first-order chi connectivity index (χ1) is 13.9. The molecule has 4 rings (SSSR count). The summed E-state index contributed by atoms with van der Waals surface area (Å²) in [6.45, 7) is -0.0593. The van der Waals surface area contributed by atoms with Gasteiger partial charge in [-0.25, -0.2) is 0 Å². The van der Waals surface area contributed by atoms with E-state index in [1.54, 1.807) is 11.9 Å². The molecule has 2 aliphatic rings. The van der Waals surface area contributed by atoms with E-state index in [-0.39, 0.29) is 31.3 Å². The van der Waals surface area contributed by atoms with Crippen LogP contribution in [0, 0.1) is 0 Å². The minimum Gasteiger partial charge on any atom is -0.482 e. The molecule has 0 bridgehead atoms. The van der Waals surface area contributed by atoms with Crippen molar-refractivity contribution in [1.29, 1.82) is 0 Å². The Morgan fingerprint density at radius 1 is 1.21 bits per heavy atom. The molecule has 2 N–H and O–H groups in total. The van der Waals surface area contributed by atoms with E-state index >= 15 is 0 Å². The highest BCUT2D eigenvalue weighted by molar-refractivity contribution is 6.31. The molecule has 3 unspecified atom stereocenters. The maximum Gasteiger partial charge on any atom is 0.264 e. The van der Waals surface area contributed by atoms with Gasteiger partial charge in [0.25, 0.3) is 5.91 Å². The molecule has 0 spiro atoms. The molecule has 2 heterocycles. The summed E-state index contributed by atoms with van der Waals surface area (Å²) in [7, 11) is 1.74. The number of aliphatic hydroxyl groups is 2. The molecule has 2 aromatic rings. The van der Waals surface area contributed by atoms with Crippen LogP contribution in [-0.4, -0.2) is 48.6 Å². The lowest BCUT2D eigenvalue weighted by Crippen LogP contribution is -2.35. The molecule has 2 aliphatic heterocycles. The Morgan fingerprint density at radius 2 is 2.03 bits per heavy atom. The van der Waals surface area contributed by atoms with Crippen molar-refractivity contribution < 1.29 is 24.5 Å². The average Bonchev–Trinajstić information content (AvgIpc) is 2.72. The molecular formula is C22H24ClNO5. The van der Waals surface area contributed by atoms with Crippen molar-refractivity contribution in [1.82, 2.24) is 0 Å². The van der Waals surface area contributed by atoms with Crippen molar-refractivity contribution in [3.8, 4) is 5.75 Å². The number of hydrogen-bond donors (Lipinski definition) is 2. The molecule has 0 radical (unpaired) electrons. The lowest BCUT2D eigenvalue weighted by Gasteiger charge is -2.32. The van der Waals surface area contributed by atoms with Gasteiger partial charge >= 0.3 is 0 Å². The number of nitrogens with zero attached hydrogens (tertiary/aromatic N) is 1. The standard InChI is InChI=1S/C22H24ClNO5/c1-24-19-7-13(2-5-20(19)28-12-22(24)27)6-15-8-14(3-4-18(15)23)21-10-16(26)9-17(11-25)29-21/h2-5,7-8,16-17,21,25-26H,6,9-12H2,1H3. The predicted octanol–water partition coefficient (Wildman–Crippen LogP) is 2.86. The highest BCUT2D eigenvalue weighted by Crippen LogP contribution is 2.35. The summed E-state index contributed by atoms with van der Waals surface area (Å²) in [6.07, 6.45) is 0.362. The first kappa shape index (κ1) is 20.2. The quantitative estimate of drug-likeness (QED) is 0.799. The van der Waals surface area contributed by atoms with E-state index in [0.29, 0.717) is 30.0 Å². The van der Waals surface area contributed by atoms with Gasteiger partial charge < -0.3 is 24.6 Å².